The summed E-state index contributed by atoms with van der Waals surface area (Å²) in [5.74, 6) is -1.34. The average Bonchev–Trinajstić information content (AvgIpc) is 2.78. The van der Waals surface area contributed by atoms with Crippen LogP contribution in [0.15, 0.2) is 35.0 Å². The minimum absolute atomic E-state index is 0.0745. The maximum Gasteiger partial charge on any atom is 0.323 e. The molecule has 7 heteroatoms. The highest BCUT2D eigenvalue weighted by Crippen LogP contribution is 2.21. The van der Waals surface area contributed by atoms with Gasteiger partial charge >= 0.3 is 5.97 Å². The van der Waals surface area contributed by atoms with Crippen LogP contribution in [0.3, 0.4) is 0 Å². The Balaban J connectivity index is 2.36. The Morgan fingerprint density at radius 1 is 1.33 bits per heavy atom. The summed E-state index contributed by atoms with van der Waals surface area (Å²) in [5.41, 5.74) is 0.853. The summed E-state index contributed by atoms with van der Waals surface area (Å²) in [5, 5.41) is 26.4. The number of carboxylic acid groups (broad SMARTS) is 1. The van der Waals surface area contributed by atoms with E-state index in [2.05, 4.69) is 4.99 Å². The normalized spacial score (nSPS) is 16.0. The zero-order valence-corrected chi connectivity index (χ0v) is 13.5. The number of carboxylic acids is 1. The predicted octanol–water partition coefficient (Wildman–Crippen LogP) is 2.12. The number of aliphatic carboxylic acids is 1. The zero-order valence-electron chi connectivity index (χ0n) is 13.5. The van der Waals surface area contributed by atoms with E-state index in [4.69, 9.17) is 10.5 Å². The molecule has 0 aromatic heterocycles. The van der Waals surface area contributed by atoms with E-state index in [-0.39, 0.29) is 28.9 Å². The van der Waals surface area contributed by atoms with Crippen molar-refractivity contribution in [1.82, 2.24) is 4.90 Å². The lowest BCUT2D eigenvalue weighted by molar-refractivity contribution is -0.140. The molecule has 24 heavy (non-hydrogen) atoms. The van der Waals surface area contributed by atoms with E-state index in [9.17, 15) is 14.7 Å². The standard InChI is InChI=1S/C17H19N3O4/c1-10(2)7-13(18)16-19-14(17(24)20(16)9-15(22)23)8-11-3-5-12(21)6-4-11/h3-6,8,10,18,21H,7,9H2,1-2H3,(H,22,23)/b14-8+,18-13?. The quantitative estimate of drug-likeness (QED) is 0.548. The van der Waals surface area contributed by atoms with Crippen molar-refractivity contribution in [2.45, 2.75) is 20.3 Å². The van der Waals surface area contributed by atoms with E-state index in [0.717, 1.165) is 4.90 Å². The smallest absolute Gasteiger partial charge is 0.323 e. The second kappa shape index (κ2) is 7.08. The molecule has 0 spiro atoms. The van der Waals surface area contributed by atoms with Crippen molar-refractivity contribution in [1.29, 1.82) is 5.41 Å². The number of amidine groups is 1. The van der Waals surface area contributed by atoms with Gasteiger partial charge in [-0.15, -0.1) is 0 Å². The summed E-state index contributed by atoms with van der Waals surface area (Å²) in [6.45, 7) is 3.33. The monoisotopic (exact) mass is 329 g/mol. The lowest BCUT2D eigenvalue weighted by atomic mass is 10.1. The molecular weight excluding hydrogens is 310 g/mol. The highest BCUT2D eigenvalue weighted by Gasteiger charge is 2.33. The van der Waals surface area contributed by atoms with Crippen molar-refractivity contribution in [2.24, 2.45) is 10.9 Å². The van der Waals surface area contributed by atoms with Crippen LogP contribution in [0.1, 0.15) is 25.8 Å². The minimum Gasteiger partial charge on any atom is -0.508 e. The number of phenols is 1. The number of carbonyl (C=O) groups excluding carboxylic acids is 1. The summed E-state index contributed by atoms with van der Waals surface area (Å²) in [6.07, 6.45) is 1.90. The van der Waals surface area contributed by atoms with Crippen LogP contribution in [-0.2, 0) is 9.59 Å². The maximum absolute atomic E-state index is 12.4. The highest BCUT2D eigenvalue weighted by atomic mass is 16.4. The first kappa shape index (κ1) is 17.4. The highest BCUT2D eigenvalue weighted by molar-refractivity contribution is 6.46. The number of carbonyl (C=O) groups is 2. The number of amides is 1. The average molecular weight is 329 g/mol. The molecule has 1 aromatic rings. The van der Waals surface area contributed by atoms with Crippen LogP contribution in [0.4, 0.5) is 0 Å². The van der Waals surface area contributed by atoms with Gasteiger partial charge < -0.3 is 15.6 Å². The van der Waals surface area contributed by atoms with E-state index in [1.165, 1.54) is 18.2 Å². The molecule has 0 fully saturated rings. The van der Waals surface area contributed by atoms with Crippen molar-refractivity contribution in [3.8, 4) is 5.75 Å². The van der Waals surface area contributed by atoms with Crippen molar-refractivity contribution in [3.05, 3.63) is 35.5 Å². The molecule has 0 unspecified atom stereocenters. The molecule has 1 aliphatic heterocycles. The molecule has 0 saturated carbocycles. The Morgan fingerprint density at radius 3 is 2.50 bits per heavy atom. The summed E-state index contributed by atoms with van der Waals surface area (Å²) in [7, 11) is 0. The number of benzene rings is 1. The maximum atomic E-state index is 12.4. The molecule has 1 heterocycles. The van der Waals surface area contributed by atoms with Crippen LogP contribution in [0.25, 0.3) is 6.08 Å². The number of rotatable bonds is 6. The Morgan fingerprint density at radius 2 is 1.96 bits per heavy atom. The molecule has 1 aromatic carbocycles. The molecule has 0 saturated heterocycles. The number of aromatic hydroxyl groups is 1. The molecule has 1 amide bonds. The lowest BCUT2D eigenvalue weighted by Gasteiger charge is -2.17. The van der Waals surface area contributed by atoms with Crippen LogP contribution < -0.4 is 0 Å². The molecule has 1 aliphatic rings. The molecule has 3 N–H and O–H groups in total. The zero-order chi connectivity index (χ0) is 17.9. The van der Waals surface area contributed by atoms with Gasteiger partial charge in [0.1, 0.15) is 18.0 Å². The molecular formula is C17H19N3O4. The number of hydrogen-bond donors (Lipinski definition) is 3. The number of phenolic OH excluding ortho intramolecular Hbond substituents is 1. The van der Waals surface area contributed by atoms with Gasteiger partial charge in [0.25, 0.3) is 5.91 Å². The first-order valence-corrected chi connectivity index (χ1v) is 7.48. The van der Waals surface area contributed by atoms with Crippen LogP contribution in [0.2, 0.25) is 0 Å². The third kappa shape index (κ3) is 4.07. The fourth-order valence-electron chi connectivity index (χ4n) is 2.29. The van der Waals surface area contributed by atoms with Gasteiger partial charge in [-0.2, -0.15) is 0 Å². The Bertz CT molecular complexity index is 733. The second-order valence-electron chi connectivity index (χ2n) is 5.92. The number of nitrogens with one attached hydrogen (secondary N) is 1. The van der Waals surface area contributed by atoms with Gasteiger partial charge in [0.05, 0.1) is 5.71 Å². The van der Waals surface area contributed by atoms with E-state index < -0.39 is 18.4 Å². The van der Waals surface area contributed by atoms with E-state index in [1.54, 1.807) is 12.1 Å². The van der Waals surface area contributed by atoms with Crippen LogP contribution in [0, 0.1) is 11.3 Å². The molecule has 0 atom stereocenters. The summed E-state index contributed by atoms with van der Waals surface area (Å²) in [6, 6.07) is 6.19. The molecule has 0 bridgehead atoms. The molecule has 7 nitrogen and oxygen atoms in total. The Hall–Kier alpha value is -2.96. The van der Waals surface area contributed by atoms with Crippen molar-refractivity contribution < 1.29 is 19.8 Å². The first-order valence-electron chi connectivity index (χ1n) is 7.48. The van der Waals surface area contributed by atoms with Gasteiger partial charge in [0.2, 0.25) is 0 Å². The topological polar surface area (TPSA) is 114 Å². The third-order valence-corrected chi connectivity index (χ3v) is 3.32. The minimum atomic E-state index is -1.17. The van der Waals surface area contributed by atoms with E-state index >= 15 is 0 Å². The first-order chi connectivity index (χ1) is 11.3. The summed E-state index contributed by atoms with van der Waals surface area (Å²) < 4.78 is 0. The van der Waals surface area contributed by atoms with Gasteiger partial charge in [0.15, 0.2) is 5.84 Å². The molecule has 2 rings (SSSR count). The Labute approximate surface area is 139 Å². The molecule has 0 aliphatic carbocycles. The van der Waals surface area contributed by atoms with E-state index in [1.807, 2.05) is 13.8 Å². The van der Waals surface area contributed by atoms with Gasteiger partial charge in [-0.3, -0.25) is 14.5 Å². The van der Waals surface area contributed by atoms with E-state index in [0.29, 0.717) is 12.0 Å². The fraction of sp³-hybridized carbons (Fsp3) is 0.294. The summed E-state index contributed by atoms with van der Waals surface area (Å²) in [4.78, 5) is 28.7. The predicted molar refractivity (Wildman–Crippen MR) is 90.0 cm³/mol. The summed E-state index contributed by atoms with van der Waals surface area (Å²) >= 11 is 0. The van der Waals surface area contributed by atoms with Crippen LogP contribution >= 0.6 is 0 Å². The van der Waals surface area contributed by atoms with Crippen molar-refractivity contribution >= 4 is 29.5 Å². The number of nitrogens with zero attached hydrogens (tertiary/aromatic N) is 2. The van der Waals surface area contributed by atoms with Gasteiger partial charge in [-0.05, 0) is 36.1 Å². The van der Waals surface area contributed by atoms with Crippen LogP contribution in [-0.4, -0.2) is 45.1 Å². The molecule has 126 valence electrons. The third-order valence-electron chi connectivity index (χ3n) is 3.32. The number of hydrogen-bond acceptors (Lipinski definition) is 5. The van der Waals surface area contributed by atoms with Crippen molar-refractivity contribution in [3.63, 3.8) is 0 Å². The fourth-order valence-corrected chi connectivity index (χ4v) is 2.29. The van der Waals surface area contributed by atoms with Crippen LogP contribution in [0.5, 0.6) is 5.75 Å². The van der Waals surface area contributed by atoms with Gasteiger partial charge in [-0.25, -0.2) is 4.99 Å². The van der Waals surface area contributed by atoms with Crippen molar-refractivity contribution in [2.75, 3.05) is 6.54 Å². The van der Waals surface area contributed by atoms with Gasteiger partial charge in [0, 0.05) is 0 Å². The Kier molecular flexibility index (Phi) is 5.13. The number of aliphatic imine (C=N–C) groups is 1. The van der Waals surface area contributed by atoms with Gasteiger partial charge in [-0.1, -0.05) is 26.0 Å². The SMILES string of the molecule is CC(C)CC(=N)C1=N/C(=C/c2ccc(O)cc2)C(=O)N1CC(=O)O. The second-order valence-corrected chi connectivity index (χ2v) is 5.92. The molecule has 0 radical (unpaired) electrons. The lowest BCUT2D eigenvalue weighted by Crippen LogP contribution is -2.40. The largest absolute Gasteiger partial charge is 0.508 e.